The van der Waals surface area contributed by atoms with Crippen LogP contribution < -0.4 is 0 Å². The Kier molecular flexibility index (Phi) is 5.08. The van der Waals surface area contributed by atoms with Crippen molar-refractivity contribution in [3.05, 3.63) is 108 Å². The molecule has 0 aliphatic carbocycles. The number of aliphatic hydroxyl groups is 1. The van der Waals surface area contributed by atoms with Crippen LogP contribution in [0, 0.1) is 0 Å². The summed E-state index contributed by atoms with van der Waals surface area (Å²) in [6, 6.07) is 27.0. The Morgan fingerprint density at radius 1 is 0.840 bits per heavy atom. The van der Waals surface area contributed by atoms with E-state index in [4.69, 9.17) is 4.74 Å². The predicted octanol–water partition coefficient (Wildman–Crippen LogP) is 4.49. The van der Waals surface area contributed by atoms with E-state index in [-0.39, 0.29) is 0 Å². The summed E-state index contributed by atoms with van der Waals surface area (Å²) in [5.74, 6) is -2.54. The van der Waals surface area contributed by atoms with Gasteiger partial charge in [-0.25, -0.2) is 0 Å². The normalized spacial score (nSPS) is 14.5. The molecule has 2 unspecified atom stereocenters. The van der Waals surface area contributed by atoms with Crippen LogP contribution in [-0.4, -0.2) is 10.9 Å². The van der Waals surface area contributed by atoms with Gasteiger partial charge in [-0.3, -0.25) is 4.79 Å². The van der Waals surface area contributed by atoms with Crippen LogP contribution in [0.1, 0.15) is 34.5 Å². The molecule has 0 bridgehead atoms. The maximum Gasteiger partial charge on any atom is 0.259 e. The van der Waals surface area contributed by atoms with E-state index in [0.717, 1.165) is 5.56 Å². The summed E-state index contributed by atoms with van der Waals surface area (Å²) in [5.41, 5.74) is 1.69. The zero-order valence-corrected chi connectivity index (χ0v) is 14.0. The number of Topliss-reactive ketones (excluding diaryl/α,β-unsaturated/α-hetero) is 1. The summed E-state index contributed by atoms with van der Waals surface area (Å²) >= 11 is 0. The van der Waals surface area contributed by atoms with Crippen molar-refractivity contribution in [1.82, 2.24) is 0 Å². The number of benzene rings is 3. The smallest absolute Gasteiger partial charge is 0.259 e. The average Bonchev–Trinajstić information content (AvgIpc) is 2.69. The van der Waals surface area contributed by atoms with Gasteiger partial charge in [-0.15, -0.1) is 0 Å². The Morgan fingerprint density at radius 2 is 1.32 bits per heavy atom. The number of ketones is 1. The van der Waals surface area contributed by atoms with E-state index in [1.54, 1.807) is 48.5 Å². The van der Waals surface area contributed by atoms with Crippen molar-refractivity contribution in [3.63, 3.8) is 0 Å². The molecule has 0 saturated carbocycles. The van der Waals surface area contributed by atoms with Crippen LogP contribution in [0.3, 0.4) is 0 Å². The molecule has 0 radical (unpaired) electrons. The highest BCUT2D eigenvalue weighted by Gasteiger charge is 2.41. The Labute approximate surface area is 147 Å². The molecule has 0 fully saturated rings. The van der Waals surface area contributed by atoms with Crippen molar-refractivity contribution in [2.75, 3.05) is 0 Å². The first-order valence-corrected chi connectivity index (χ1v) is 8.22. The second kappa shape index (κ2) is 7.43. The molecule has 3 aromatic rings. The van der Waals surface area contributed by atoms with Gasteiger partial charge in [0.05, 0.1) is 6.10 Å². The number of carbonyl (C=O) groups excluding carboxylic acids is 1. The van der Waals surface area contributed by atoms with Gasteiger partial charge in [0.25, 0.3) is 5.79 Å². The van der Waals surface area contributed by atoms with E-state index in [0.29, 0.717) is 11.1 Å². The Morgan fingerprint density at radius 3 is 1.88 bits per heavy atom. The SMILES string of the molecule is CC(OC(O)(C(=O)c1ccccc1)c1ccccc1)c1ccccc1. The summed E-state index contributed by atoms with van der Waals surface area (Å²) < 4.78 is 5.93. The van der Waals surface area contributed by atoms with E-state index in [1.807, 2.05) is 49.4 Å². The van der Waals surface area contributed by atoms with Crippen LogP contribution in [0.25, 0.3) is 0 Å². The lowest BCUT2D eigenvalue weighted by Gasteiger charge is -2.30. The molecule has 3 nitrogen and oxygen atoms in total. The number of carbonyl (C=O) groups is 1. The summed E-state index contributed by atoms with van der Waals surface area (Å²) in [4.78, 5) is 13.1. The lowest BCUT2D eigenvalue weighted by molar-refractivity contribution is -0.200. The largest absolute Gasteiger partial charge is 0.356 e. The third-order valence-corrected chi connectivity index (χ3v) is 4.13. The molecule has 0 heterocycles. The Hall–Kier alpha value is -2.75. The van der Waals surface area contributed by atoms with Gasteiger partial charge >= 0.3 is 0 Å². The van der Waals surface area contributed by atoms with Crippen molar-refractivity contribution in [2.24, 2.45) is 0 Å². The first-order chi connectivity index (χ1) is 12.1. The lowest BCUT2D eigenvalue weighted by Crippen LogP contribution is -2.39. The first kappa shape index (κ1) is 17.1. The number of hydrogen-bond acceptors (Lipinski definition) is 3. The molecule has 3 rings (SSSR count). The summed E-state index contributed by atoms with van der Waals surface area (Å²) in [6.45, 7) is 1.82. The van der Waals surface area contributed by atoms with Crippen LogP contribution in [-0.2, 0) is 10.5 Å². The second-order valence-electron chi connectivity index (χ2n) is 5.88. The molecule has 0 spiro atoms. The van der Waals surface area contributed by atoms with E-state index in [1.165, 1.54) is 0 Å². The maximum absolute atomic E-state index is 13.1. The van der Waals surface area contributed by atoms with Crippen LogP contribution in [0.15, 0.2) is 91.0 Å². The molecule has 25 heavy (non-hydrogen) atoms. The third-order valence-electron chi connectivity index (χ3n) is 4.13. The van der Waals surface area contributed by atoms with Crippen LogP contribution >= 0.6 is 0 Å². The van der Waals surface area contributed by atoms with Crippen LogP contribution in [0.2, 0.25) is 0 Å². The van der Waals surface area contributed by atoms with Gasteiger partial charge in [0.2, 0.25) is 5.78 Å². The molecule has 126 valence electrons. The first-order valence-electron chi connectivity index (χ1n) is 8.22. The lowest BCUT2D eigenvalue weighted by atomic mass is 9.95. The summed E-state index contributed by atoms with van der Waals surface area (Å²) in [5, 5.41) is 11.3. The van der Waals surface area contributed by atoms with Crippen molar-refractivity contribution >= 4 is 5.78 Å². The molecule has 3 aromatic carbocycles. The minimum Gasteiger partial charge on any atom is -0.356 e. The van der Waals surface area contributed by atoms with Crippen molar-refractivity contribution in [1.29, 1.82) is 0 Å². The molecule has 3 heteroatoms. The van der Waals surface area contributed by atoms with Crippen LogP contribution in [0.4, 0.5) is 0 Å². The molecule has 0 saturated heterocycles. The van der Waals surface area contributed by atoms with E-state index in [9.17, 15) is 9.90 Å². The van der Waals surface area contributed by atoms with Gasteiger partial charge in [0.1, 0.15) is 0 Å². The molecule has 2 atom stereocenters. The van der Waals surface area contributed by atoms with Crippen molar-refractivity contribution < 1.29 is 14.6 Å². The standard InChI is InChI=1S/C22H20O3/c1-17(18-11-5-2-6-12-18)25-22(24,20-15-9-4-10-16-20)21(23)19-13-7-3-8-14-19/h2-17,24H,1H3. The molecular weight excluding hydrogens is 312 g/mol. The Bertz CT molecular complexity index is 816. The highest BCUT2D eigenvalue weighted by molar-refractivity contribution is 6.01. The zero-order chi connectivity index (χ0) is 17.7. The number of rotatable bonds is 6. The summed E-state index contributed by atoms with van der Waals surface area (Å²) in [6.07, 6.45) is -0.459. The van der Waals surface area contributed by atoms with E-state index < -0.39 is 17.7 Å². The monoisotopic (exact) mass is 332 g/mol. The van der Waals surface area contributed by atoms with Crippen LogP contribution in [0.5, 0.6) is 0 Å². The fourth-order valence-electron chi connectivity index (χ4n) is 2.75. The minimum atomic E-state index is -2.06. The topological polar surface area (TPSA) is 46.5 Å². The molecule has 0 aromatic heterocycles. The highest BCUT2D eigenvalue weighted by atomic mass is 16.6. The summed E-state index contributed by atoms with van der Waals surface area (Å²) in [7, 11) is 0. The van der Waals surface area contributed by atoms with Gasteiger partial charge in [-0.2, -0.15) is 0 Å². The number of ether oxygens (including phenoxy) is 1. The minimum absolute atomic E-state index is 0.397. The molecule has 0 aliphatic heterocycles. The zero-order valence-electron chi connectivity index (χ0n) is 14.0. The fourth-order valence-corrected chi connectivity index (χ4v) is 2.75. The van der Waals surface area contributed by atoms with Gasteiger partial charge in [-0.05, 0) is 12.5 Å². The maximum atomic E-state index is 13.1. The Balaban J connectivity index is 1.99. The quantitative estimate of drug-likeness (QED) is 0.534. The van der Waals surface area contributed by atoms with Gasteiger partial charge in [-0.1, -0.05) is 91.0 Å². The van der Waals surface area contributed by atoms with Gasteiger partial charge in [0.15, 0.2) is 0 Å². The van der Waals surface area contributed by atoms with E-state index in [2.05, 4.69) is 0 Å². The third kappa shape index (κ3) is 3.68. The van der Waals surface area contributed by atoms with Crippen molar-refractivity contribution in [2.45, 2.75) is 18.8 Å². The van der Waals surface area contributed by atoms with E-state index >= 15 is 0 Å². The number of hydrogen-bond donors (Lipinski definition) is 1. The fraction of sp³-hybridized carbons (Fsp3) is 0.136. The highest BCUT2D eigenvalue weighted by Crippen LogP contribution is 2.33. The second-order valence-corrected chi connectivity index (χ2v) is 5.88. The van der Waals surface area contributed by atoms with Crippen molar-refractivity contribution in [3.8, 4) is 0 Å². The molecular formula is C22H20O3. The molecule has 0 amide bonds. The van der Waals surface area contributed by atoms with Gasteiger partial charge < -0.3 is 9.84 Å². The molecule has 0 aliphatic rings. The predicted molar refractivity (Wildman–Crippen MR) is 97.1 cm³/mol. The van der Waals surface area contributed by atoms with Gasteiger partial charge in [0, 0.05) is 11.1 Å². The average molecular weight is 332 g/mol. The molecule has 1 N–H and O–H groups in total.